The fraction of sp³-hybridized carbons (Fsp3) is 0.471. The summed E-state index contributed by atoms with van der Waals surface area (Å²) in [5.41, 5.74) is 7.52. The fourth-order valence-electron chi connectivity index (χ4n) is 2.97. The van der Waals surface area contributed by atoms with E-state index < -0.39 is 0 Å². The van der Waals surface area contributed by atoms with E-state index in [0.717, 1.165) is 31.7 Å². The summed E-state index contributed by atoms with van der Waals surface area (Å²) in [6.45, 7) is 5.87. The van der Waals surface area contributed by atoms with Gasteiger partial charge in [0.1, 0.15) is 0 Å². The van der Waals surface area contributed by atoms with E-state index in [-0.39, 0.29) is 0 Å². The number of rotatable bonds is 3. The lowest BCUT2D eigenvalue weighted by Crippen LogP contribution is -2.40. The Bertz CT molecular complexity index is 693. The molecule has 2 aromatic rings. The zero-order chi connectivity index (χ0) is 17.1. The van der Waals surface area contributed by atoms with Crippen LogP contribution in [0.2, 0.25) is 0 Å². The third-order valence-electron chi connectivity index (χ3n) is 4.34. The number of nitrogens with zero attached hydrogens (tertiary/aromatic N) is 5. The SMILES string of the molecule is Nc1cccc(-c2nc(N3CCOCC3)nc(N3CCOCC3)n2)c1. The highest BCUT2D eigenvalue weighted by molar-refractivity contribution is 5.63. The van der Waals surface area contributed by atoms with Gasteiger partial charge in [0.25, 0.3) is 0 Å². The molecule has 1 aromatic heterocycles. The molecule has 0 aliphatic carbocycles. The maximum atomic E-state index is 5.93. The Morgan fingerprint density at radius 2 is 1.36 bits per heavy atom. The van der Waals surface area contributed by atoms with Gasteiger partial charge >= 0.3 is 0 Å². The van der Waals surface area contributed by atoms with Gasteiger partial charge < -0.3 is 25.0 Å². The predicted molar refractivity (Wildman–Crippen MR) is 95.7 cm³/mol. The van der Waals surface area contributed by atoms with E-state index in [9.17, 15) is 0 Å². The molecule has 25 heavy (non-hydrogen) atoms. The van der Waals surface area contributed by atoms with Crippen molar-refractivity contribution < 1.29 is 9.47 Å². The number of aromatic nitrogens is 3. The van der Waals surface area contributed by atoms with Crippen LogP contribution in [0.15, 0.2) is 24.3 Å². The lowest BCUT2D eigenvalue weighted by Gasteiger charge is -2.30. The molecule has 8 nitrogen and oxygen atoms in total. The molecule has 2 N–H and O–H groups in total. The van der Waals surface area contributed by atoms with Crippen molar-refractivity contribution in [3.63, 3.8) is 0 Å². The summed E-state index contributed by atoms with van der Waals surface area (Å²) in [5, 5.41) is 0. The van der Waals surface area contributed by atoms with E-state index >= 15 is 0 Å². The first-order valence-electron chi connectivity index (χ1n) is 8.57. The molecular weight excluding hydrogens is 320 g/mol. The molecule has 2 fully saturated rings. The molecule has 0 amide bonds. The molecule has 1 aromatic carbocycles. The van der Waals surface area contributed by atoms with Crippen LogP contribution in [0.5, 0.6) is 0 Å². The lowest BCUT2D eigenvalue weighted by atomic mass is 10.2. The first-order valence-corrected chi connectivity index (χ1v) is 8.57. The molecule has 0 spiro atoms. The third kappa shape index (κ3) is 3.64. The van der Waals surface area contributed by atoms with Crippen LogP contribution >= 0.6 is 0 Å². The summed E-state index contributed by atoms with van der Waals surface area (Å²) in [4.78, 5) is 18.4. The number of morpholine rings is 2. The highest BCUT2D eigenvalue weighted by atomic mass is 16.5. The molecule has 132 valence electrons. The molecule has 0 bridgehead atoms. The van der Waals surface area contributed by atoms with Crippen molar-refractivity contribution in [2.24, 2.45) is 0 Å². The topological polar surface area (TPSA) is 89.6 Å². The van der Waals surface area contributed by atoms with Gasteiger partial charge in [-0.15, -0.1) is 0 Å². The van der Waals surface area contributed by atoms with Gasteiger partial charge in [0.2, 0.25) is 11.9 Å². The summed E-state index contributed by atoms with van der Waals surface area (Å²) in [5.74, 6) is 2.03. The third-order valence-corrected chi connectivity index (χ3v) is 4.34. The maximum absolute atomic E-state index is 5.93. The Morgan fingerprint density at radius 3 is 1.88 bits per heavy atom. The van der Waals surface area contributed by atoms with E-state index in [1.54, 1.807) is 0 Å². The Labute approximate surface area is 146 Å². The minimum atomic E-state index is 0.644. The van der Waals surface area contributed by atoms with Crippen LogP contribution in [-0.2, 0) is 9.47 Å². The molecule has 0 saturated carbocycles. The Hall–Kier alpha value is -2.45. The van der Waals surface area contributed by atoms with Crippen molar-refractivity contribution in [1.29, 1.82) is 0 Å². The van der Waals surface area contributed by atoms with Gasteiger partial charge in [0.15, 0.2) is 5.82 Å². The second-order valence-corrected chi connectivity index (χ2v) is 6.08. The number of benzene rings is 1. The summed E-state index contributed by atoms with van der Waals surface area (Å²) < 4.78 is 10.9. The molecule has 2 saturated heterocycles. The number of nitrogens with two attached hydrogens (primary N) is 1. The van der Waals surface area contributed by atoms with E-state index in [4.69, 9.17) is 30.2 Å². The largest absolute Gasteiger partial charge is 0.399 e. The highest BCUT2D eigenvalue weighted by Crippen LogP contribution is 2.23. The van der Waals surface area contributed by atoms with Crippen molar-refractivity contribution in [1.82, 2.24) is 15.0 Å². The maximum Gasteiger partial charge on any atom is 0.230 e. The first kappa shape index (κ1) is 16.0. The Morgan fingerprint density at radius 1 is 0.800 bits per heavy atom. The molecule has 3 heterocycles. The smallest absolute Gasteiger partial charge is 0.230 e. The average Bonchev–Trinajstić information content (AvgIpc) is 2.69. The zero-order valence-corrected chi connectivity index (χ0v) is 14.1. The normalized spacial score (nSPS) is 18.4. The first-order chi connectivity index (χ1) is 12.3. The highest BCUT2D eigenvalue weighted by Gasteiger charge is 2.21. The standard InChI is InChI=1S/C17H22N6O2/c18-14-3-1-2-13(12-14)15-19-16(22-4-8-24-9-5-22)21-17(20-15)23-6-10-25-11-7-23/h1-3,12H,4-11,18H2. The second kappa shape index (κ2) is 7.20. The van der Waals surface area contributed by atoms with Gasteiger partial charge in [-0.3, -0.25) is 0 Å². The zero-order valence-electron chi connectivity index (χ0n) is 14.1. The molecule has 2 aliphatic heterocycles. The van der Waals surface area contributed by atoms with Crippen LogP contribution in [0.3, 0.4) is 0 Å². The van der Waals surface area contributed by atoms with Crippen LogP contribution in [0.25, 0.3) is 11.4 Å². The van der Waals surface area contributed by atoms with Crippen LogP contribution < -0.4 is 15.5 Å². The lowest BCUT2D eigenvalue weighted by molar-refractivity contribution is 0.121. The minimum Gasteiger partial charge on any atom is -0.399 e. The van der Waals surface area contributed by atoms with Crippen molar-refractivity contribution in [2.75, 3.05) is 68.1 Å². The molecular formula is C17H22N6O2. The quantitative estimate of drug-likeness (QED) is 0.819. The van der Waals surface area contributed by atoms with Crippen molar-refractivity contribution in [3.05, 3.63) is 24.3 Å². The van der Waals surface area contributed by atoms with Crippen LogP contribution in [-0.4, -0.2) is 67.6 Å². The Kier molecular flexibility index (Phi) is 4.62. The molecule has 2 aliphatic rings. The summed E-state index contributed by atoms with van der Waals surface area (Å²) in [7, 11) is 0. The molecule has 0 radical (unpaired) electrons. The predicted octanol–water partition coefficient (Wildman–Crippen LogP) is 0.794. The van der Waals surface area contributed by atoms with E-state index in [2.05, 4.69) is 9.80 Å². The van der Waals surface area contributed by atoms with Gasteiger partial charge in [-0.25, -0.2) is 0 Å². The van der Waals surface area contributed by atoms with Crippen molar-refractivity contribution in [2.45, 2.75) is 0 Å². The minimum absolute atomic E-state index is 0.644. The molecule has 4 rings (SSSR count). The summed E-state index contributed by atoms with van der Waals surface area (Å²) in [6.07, 6.45) is 0. The summed E-state index contributed by atoms with van der Waals surface area (Å²) in [6, 6.07) is 7.63. The number of ether oxygens (including phenoxy) is 2. The van der Waals surface area contributed by atoms with Crippen LogP contribution in [0.1, 0.15) is 0 Å². The monoisotopic (exact) mass is 342 g/mol. The number of hydrogen-bond donors (Lipinski definition) is 1. The molecule has 8 heteroatoms. The second-order valence-electron chi connectivity index (χ2n) is 6.08. The fourth-order valence-corrected chi connectivity index (χ4v) is 2.97. The number of nitrogen functional groups attached to an aromatic ring is 1. The van der Waals surface area contributed by atoms with Gasteiger partial charge in [0, 0.05) is 37.4 Å². The van der Waals surface area contributed by atoms with E-state index in [1.807, 2.05) is 24.3 Å². The number of anilines is 3. The van der Waals surface area contributed by atoms with Crippen LogP contribution in [0.4, 0.5) is 17.6 Å². The van der Waals surface area contributed by atoms with Crippen molar-refractivity contribution in [3.8, 4) is 11.4 Å². The van der Waals surface area contributed by atoms with Crippen LogP contribution in [0, 0.1) is 0 Å². The van der Waals surface area contributed by atoms with Gasteiger partial charge in [0.05, 0.1) is 26.4 Å². The molecule has 0 atom stereocenters. The number of hydrogen-bond acceptors (Lipinski definition) is 8. The van der Waals surface area contributed by atoms with Gasteiger partial charge in [-0.2, -0.15) is 15.0 Å². The van der Waals surface area contributed by atoms with Crippen molar-refractivity contribution >= 4 is 17.6 Å². The average molecular weight is 342 g/mol. The van der Waals surface area contributed by atoms with Gasteiger partial charge in [-0.1, -0.05) is 12.1 Å². The van der Waals surface area contributed by atoms with E-state index in [1.165, 1.54) is 0 Å². The van der Waals surface area contributed by atoms with E-state index in [0.29, 0.717) is 49.8 Å². The summed E-state index contributed by atoms with van der Waals surface area (Å²) >= 11 is 0. The molecule has 0 unspecified atom stereocenters. The Balaban J connectivity index is 1.73. The van der Waals surface area contributed by atoms with Gasteiger partial charge in [-0.05, 0) is 12.1 Å².